The topological polar surface area (TPSA) is 15.7 Å². The summed E-state index contributed by atoms with van der Waals surface area (Å²) in [4.78, 5) is 5.29. The van der Waals surface area contributed by atoms with Crippen molar-refractivity contribution in [1.82, 2.24) is 4.90 Å². The predicted molar refractivity (Wildman–Crippen MR) is 127 cm³/mol. The van der Waals surface area contributed by atoms with E-state index in [1.807, 2.05) is 0 Å². The van der Waals surface area contributed by atoms with Crippen LogP contribution in [0.1, 0.15) is 35.6 Å². The lowest BCUT2D eigenvalue weighted by molar-refractivity contribution is 0.0611. The van der Waals surface area contributed by atoms with Crippen molar-refractivity contribution >= 4 is 5.69 Å². The van der Waals surface area contributed by atoms with E-state index in [0.29, 0.717) is 18.7 Å². The third-order valence-corrected chi connectivity index (χ3v) is 6.76. The number of likely N-dealkylation sites (tertiary alicyclic amines) is 1. The van der Waals surface area contributed by atoms with Crippen molar-refractivity contribution in [2.75, 3.05) is 31.1 Å². The van der Waals surface area contributed by atoms with Crippen molar-refractivity contribution < 1.29 is 4.74 Å². The van der Waals surface area contributed by atoms with Crippen molar-refractivity contribution in [3.05, 3.63) is 102 Å². The molecule has 2 aliphatic heterocycles. The van der Waals surface area contributed by atoms with Gasteiger partial charge in [0.2, 0.25) is 0 Å². The fraction of sp³-hybridized carbons (Fsp3) is 0.357. The second-order valence-corrected chi connectivity index (χ2v) is 8.81. The van der Waals surface area contributed by atoms with Crippen molar-refractivity contribution in [3.8, 4) is 0 Å². The molecule has 2 unspecified atom stereocenters. The normalized spacial score (nSPS) is 19.5. The lowest BCUT2D eigenvalue weighted by atomic mass is 10.0. The summed E-state index contributed by atoms with van der Waals surface area (Å²) < 4.78 is 6.27. The second-order valence-electron chi connectivity index (χ2n) is 8.81. The molecule has 3 nitrogen and oxygen atoms in total. The molecule has 0 saturated carbocycles. The monoisotopic (exact) mass is 412 g/mol. The van der Waals surface area contributed by atoms with Gasteiger partial charge in [0.25, 0.3) is 0 Å². The molecule has 1 saturated heterocycles. The fourth-order valence-electron chi connectivity index (χ4n) is 5.14. The molecule has 3 heteroatoms. The Balaban J connectivity index is 1.35. The average Bonchev–Trinajstić information content (AvgIpc) is 3.48. The molecular weight excluding hydrogens is 380 g/mol. The Morgan fingerprint density at radius 1 is 0.806 bits per heavy atom. The fourth-order valence-corrected chi connectivity index (χ4v) is 5.14. The van der Waals surface area contributed by atoms with E-state index < -0.39 is 0 Å². The molecule has 160 valence electrons. The molecule has 2 atom stereocenters. The van der Waals surface area contributed by atoms with Crippen LogP contribution in [0.15, 0.2) is 84.9 Å². The molecule has 0 bridgehead atoms. The van der Waals surface area contributed by atoms with Gasteiger partial charge >= 0.3 is 0 Å². The van der Waals surface area contributed by atoms with E-state index in [2.05, 4.69) is 94.7 Å². The molecule has 5 rings (SSSR count). The first kappa shape index (κ1) is 20.3. The van der Waals surface area contributed by atoms with Crippen LogP contribution in [0, 0.1) is 0 Å². The highest BCUT2D eigenvalue weighted by atomic mass is 16.5. The quantitative estimate of drug-likeness (QED) is 0.488. The standard InChI is InChI=1S/C28H32N2O/c1-3-11-23(12-4-1)21-31-22-26(29-17-9-10-18-29)20-30-27-16-8-7-15-25(27)19-28(30)24-13-5-2-6-14-24/h1-8,11-16,26,28H,9-10,17-22H2. The SMILES string of the molecule is c1ccc(COCC(CN2c3ccccc3CC2c2ccccc2)N2CCCC2)cc1. The van der Waals surface area contributed by atoms with Crippen LogP contribution in [0.3, 0.4) is 0 Å². The van der Waals surface area contributed by atoms with Crippen LogP contribution in [-0.2, 0) is 17.8 Å². The largest absolute Gasteiger partial charge is 0.375 e. The van der Waals surface area contributed by atoms with Crippen LogP contribution in [0.5, 0.6) is 0 Å². The first-order chi connectivity index (χ1) is 15.4. The lowest BCUT2D eigenvalue weighted by Gasteiger charge is -2.36. The second kappa shape index (κ2) is 9.67. The van der Waals surface area contributed by atoms with Crippen molar-refractivity contribution in [2.45, 2.75) is 38.0 Å². The molecule has 0 N–H and O–H groups in total. The van der Waals surface area contributed by atoms with Gasteiger partial charge in [0, 0.05) is 12.2 Å². The number of nitrogens with zero attached hydrogens (tertiary/aromatic N) is 2. The molecule has 1 fully saturated rings. The van der Waals surface area contributed by atoms with Gasteiger partial charge < -0.3 is 9.64 Å². The predicted octanol–water partition coefficient (Wildman–Crippen LogP) is 5.47. The van der Waals surface area contributed by atoms with Crippen molar-refractivity contribution in [3.63, 3.8) is 0 Å². The van der Waals surface area contributed by atoms with Crippen molar-refractivity contribution in [2.24, 2.45) is 0 Å². The summed E-state index contributed by atoms with van der Waals surface area (Å²) in [5.41, 5.74) is 5.51. The van der Waals surface area contributed by atoms with Crippen LogP contribution in [0.25, 0.3) is 0 Å². The Morgan fingerprint density at radius 3 is 2.26 bits per heavy atom. The highest BCUT2D eigenvalue weighted by molar-refractivity contribution is 5.61. The zero-order valence-electron chi connectivity index (χ0n) is 18.2. The number of benzene rings is 3. The smallest absolute Gasteiger partial charge is 0.0717 e. The Labute approximate surface area is 186 Å². The van der Waals surface area contributed by atoms with Gasteiger partial charge in [0.15, 0.2) is 0 Å². The summed E-state index contributed by atoms with van der Waals surface area (Å²) in [6.45, 7) is 4.83. The maximum Gasteiger partial charge on any atom is 0.0717 e. The summed E-state index contributed by atoms with van der Waals surface area (Å²) in [7, 11) is 0. The molecule has 0 spiro atoms. The van der Waals surface area contributed by atoms with Crippen LogP contribution < -0.4 is 4.90 Å². The molecule has 3 aromatic carbocycles. The molecule has 3 aromatic rings. The number of para-hydroxylation sites is 1. The highest BCUT2D eigenvalue weighted by Crippen LogP contribution is 2.40. The summed E-state index contributed by atoms with van der Waals surface area (Å²) >= 11 is 0. The Hall–Kier alpha value is -2.62. The van der Waals surface area contributed by atoms with Gasteiger partial charge in [-0.2, -0.15) is 0 Å². The molecular formula is C28H32N2O. The van der Waals surface area contributed by atoms with E-state index in [4.69, 9.17) is 4.74 Å². The summed E-state index contributed by atoms with van der Waals surface area (Å²) in [5.74, 6) is 0. The van der Waals surface area contributed by atoms with Gasteiger partial charge in [-0.05, 0) is 55.1 Å². The van der Waals surface area contributed by atoms with Gasteiger partial charge in [0.1, 0.15) is 0 Å². The molecule has 2 heterocycles. The summed E-state index contributed by atoms with van der Waals surface area (Å²) in [6, 6.07) is 31.3. The van der Waals surface area contributed by atoms with E-state index in [1.54, 1.807) is 0 Å². The van der Waals surface area contributed by atoms with Crippen molar-refractivity contribution in [1.29, 1.82) is 0 Å². The van der Waals surface area contributed by atoms with Crippen LogP contribution in [0.2, 0.25) is 0 Å². The number of fused-ring (bicyclic) bond motifs is 1. The third-order valence-electron chi connectivity index (χ3n) is 6.76. The van der Waals surface area contributed by atoms with Crippen LogP contribution in [0.4, 0.5) is 5.69 Å². The Kier molecular flexibility index (Phi) is 6.33. The number of rotatable bonds is 8. The Morgan fingerprint density at radius 2 is 1.48 bits per heavy atom. The number of anilines is 1. The zero-order chi connectivity index (χ0) is 20.9. The maximum absolute atomic E-state index is 6.27. The zero-order valence-corrected chi connectivity index (χ0v) is 18.2. The van der Waals surface area contributed by atoms with E-state index in [-0.39, 0.29) is 0 Å². The highest BCUT2D eigenvalue weighted by Gasteiger charge is 2.33. The Bertz CT molecular complexity index is 953. The van der Waals surface area contributed by atoms with Gasteiger partial charge in [0.05, 0.1) is 25.3 Å². The summed E-state index contributed by atoms with van der Waals surface area (Å²) in [5, 5.41) is 0. The molecule has 0 aromatic heterocycles. The van der Waals surface area contributed by atoms with E-state index in [1.165, 1.54) is 48.3 Å². The third kappa shape index (κ3) is 4.68. The average molecular weight is 413 g/mol. The minimum atomic E-state index is 0.401. The van der Waals surface area contributed by atoms with Gasteiger partial charge in [-0.3, -0.25) is 4.90 Å². The molecule has 0 amide bonds. The van der Waals surface area contributed by atoms with Crippen LogP contribution in [-0.4, -0.2) is 37.2 Å². The number of hydrogen-bond acceptors (Lipinski definition) is 3. The first-order valence-corrected chi connectivity index (χ1v) is 11.6. The number of hydrogen-bond donors (Lipinski definition) is 0. The summed E-state index contributed by atoms with van der Waals surface area (Å²) in [6.07, 6.45) is 3.68. The molecule has 0 radical (unpaired) electrons. The molecule has 2 aliphatic rings. The minimum absolute atomic E-state index is 0.401. The van der Waals surface area contributed by atoms with Crippen LogP contribution >= 0.6 is 0 Å². The van der Waals surface area contributed by atoms with Gasteiger partial charge in [-0.25, -0.2) is 0 Å². The molecule has 31 heavy (non-hydrogen) atoms. The first-order valence-electron chi connectivity index (χ1n) is 11.6. The van der Waals surface area contributed by atoms with E-state index in [0.717, 1.165) is 19.6 Å². The van der Waals surface area contributed by atoms with E-state index >= 15 is 0 Å². The van der Waals surface area contributed by atoms with E-state index in [9.17, 15) is 0 Å². The minimum Gasteiger partial charge on any atom is -0.375 e. The lowest BCUT2D eigenvalue weighted by Crippen LogP contribution is -2.46. The maximum atomic E-state index is 6.27. The molecule has 0 aliphatic carbocycles. The number of ether oxygens (including phenoxy) is 1. The van der Waals surface area contributed by atoms with Gasteiger partial charge in [-0.15, -0.1) is 0 Å². The van der Waals surface area contributed by atoms with Gasteiger partial charge in [-0.1, -0.05) is 78.9 Å².